The van der Waals surface area contributed by atoms with Crippen LogP contribution in [-0.2, 0) is 4.74 Å². The van der Waals surface area contributed by atoms with E-state index in [0.717, 1.165) is 25.8 Å². The third-order valence-corrected chi connectivity index (χ3v) is 2.98. The first-order valence-corrected chi connectivity index (χ1v) is 5.48. The van der Waals surface area contributed by atoms with Crippen molar-refractivity contribution in [2.45, 2.75) is 19.4 Å². The fraction of sp³-hybridized carbons (Fsp3) is 1.00. The molecule has 1 saturated heterocycles. The summed E-state index contributed by atoms with van der Waals surface area (Å²) in [4.78, 5) is 0. The van der Waals surface area contributed by atoms with Crippen molar-refractivity contribution in [1.29, 1.82) is 0 Å². The highest BCUT2D eigenvalue weighted by Crippen LogP contribution is 2.16. The maximum Gasteiger partial charge on any atom is 0.0590 e. The summed E-state index contributed by atoms with van der Waals surface area (Å²) >= 11 is 2.04. The minimum atomic E-state index is 0.750. The summed E-state index contributed by atoms with van der Waals surface area (Å²) < 4.78 is 5.22. The zero-order valence-corrected chi connectivity index (χ0v) is 7.95. The molecule has 2 nitrogen and oxygen atoms in total. The van der Waals surface area contributed by atoms with Crippen molar-refractivity contribution in [3.05, 3.63) is 0 Å². The van der Waals surface area contributed by atoms with Gasteiger partial charge in [0.15, 0.2) is 0 Å². The summed E-state index contributed by atoms with van der Waals surface area (Å²) in [6.45, 7) is 4.74. The van der Waals surface area contributed by atoms with Crippen molar-refractivity contribution in [1.82, 2.24) is 5.32 Å². The first-order valence-electron chi connectivity index (χ1n) is 4.32. The standard InChI is InChI=1S/C8H17NOS/c1-2-10-5-4-9-8-3-6-11-7-8/h8-9H,2-7H2,1H3/t8-/m1/s1. The van der Waals surface area contributed by atoms with E-state index in [1.54, 1.807) is 0 Å². The van der Waals surface area contributed by atoms with E-state index in [9.17, 15) is 0 Å². The summed E-state index contributed by atoms with van der Waals surface area (Å²) in [6, 6.07) is 0.750. The second kappa shape index (κ2) is 5.86. The van der Waals surface area contributed by atoms with Crippen LogP contribution in [0, 0.1) is 0 Å². The fourth-order valence-electron chi connectivity index (χ4n) is 1.18. The van der Waals surface area contributed by atoms with Gasteiger partial charge in [0.1, 0.15) is 0 Å². The molecule has 0 amide bonds. The van der Waals surface area contributed by atoms with Crippen LogP contribution < -0.4 is 5.32 Å². The Kier molecular flexibility index (Phi) is 4.99. The van der Waals surface area contributed by atoms with Gasteiger partial charge in [-0.2, -0.15) is 11.8 Å². The predicted molar refractivity (Wildman–Crippen MR) is 50.2 cm³/mol. The number of hydrogen-bond donors (Lipinski definition) is 1. The lowest BCUT2D eigenvalue weighted by Crippen LogP contribution is -2.31. The highest BCUT2D eigenvalue weighted by atomic mass is 32.2. The Morgan fingerprint density at radius 2 is 2.55 bits per heavy atom. The molecule has 1 aliphatic rings. The van der Waals surface area contributed by atoms with E-state index in [1.165, 1.54) is 17.9 Å². The van der Waals surface area contributed by atoms with E-state index < -0.39 is 0 Å². The molecule has 0 radical (unpaired) electrons. The smallest absolute Gasteiger partial charge is 0.0590 e. The van der Waals surface area contributed by atoms with Gasteiger partial charge in [-0.3, -0.25) is 0 Å². The molecule has 0 aromatic heterocycles. The van der Waals surface area contributed by atoms with Gasteiger partial charge in [-0.15, -0.1) is 0 Å². The Hall–Kier alpha value is 0.270. The molecule has 0 bridgehead atoms. The Labute approximate surface area is 73.1 Å². The van der Waals surface area contributed by atoms with Crippen LogP contribution in [0.3, 0.4) is 0 Å². The molecule has 1 rings (SSSR count). The monoisotopic (exact) mass is 175 g/mol. The fourth-order valence-corrected chi connectivity index (χ4v) is 2.36. The van der Waals surface area contributed by atoms with Gasteiger partial charge in [-0.1, -0.05) is 0 Å². The molecule has 11 heavy (non-hydrogen) atoms. The molecule has 3 heteroatoms. The Bertz CT molecular complexity index is 94.1. The normalized spacial score (nSPS) is 24.3. The summed E-state index contributed by atoms with van der Waals surface area (Å²) in [5.74, 6) is 2.61. The van der Waals surface area contributed by atoms with Gasteiger partial charge in [0.25, 0.3) is 0 Å². The molecule has 0 aliphatic carbocycles. The first kappa shape index (κ1) is 9.36. The van der Waals surface area contributed by atoms with E-state index in [2.05, 4.69) is 5.32 Å². The van der Waals surface area contributed by atoms with Crippen LogP contribution in [0.1, 0.15) is 13.3 Å². The quantitative estimate of drug-likeness (QED) is 0.633. The van der Waals surface area contributed by atoms with Crippen LogP contribution >= 0.6 is 11.8 Å². The van der Waals surface area contributed by atoms with Crippen LogP contribution in [0.15, 0.2) is 0 Å². The van der Waals surface area contributed by atoms with Gasteiger partial charge in [0, 0.05) is 24.9 Å². The minimum Gasteiger partial charge on any atom is -0.380 e. The van der Waals surface area contributed by atoms with Gasteiger partial charge in [0.2, 0.25) is 0 Å². The van der Waals surface area contributed by atoms with Crippen molar-refractivity contribution >= 4 is 11.8 Å². The van der Waals surface area contributed by atoms with E-state index in [1.807, 2.05) is 18.7 Å². The summed E-state index contributed by atoms with van der Waals surface area (Å²) in [7, 11) is 0. The maximum atomic E-state index is 5.22. The molecule has 0 spiro atoms. The molecular formula is C8H17NOS. The molecule has 66 valence electrons. The topological polar surface area (TPSA) is 21.3 Å². The lowest BCUT2D eigenvalue weighted by Gasteiger charge is -2.10. The van der Waals surface area contributed by atoms with E-state index in [0.29, 0.717) is 0 Å². The number of ether oxygens (including phenoxy) is 1. The highest BCUT2D eigenvalue weighted by molar-refractivity contribution is 7.99. The van der Waals surface area contributed by atoms with Gasteiger partial charge < -0.3 is 10.1 Å². The van der Waals surface area contributed by atoms with E-state index >= 15 is 0 Å². The average Bonchev–Trinajstić information content (AvgIpc) is 2.50. The van der Waals surface area contributed by atoms with Crippen LogP contribution in [0.2, 0.25) is 0 Å². The molecule has 1 fully saturated rings. The van der Waals surface area contributed by atoms with Crippen molar-refractivity contribution < 1.29 is 4.74 Å². The molecular weight excluding hydrogens is 158 g/mol. The number of rotatable bonds is 5. The summed E-state index contributed by atoms with van der Waals surface area (Å²) in [5, 5.41) is 3.47. The SMILES string of the molecule is CCOCCN[C@@H]1CCSC1. The second-order valence-corrected chi connectivity index (χ2v) is 3.86. The van der Waals surface area contributed by atoms with Gasteiger partial charge in [0.05, 0.1) is 6.61 Å². The van der Waals surface area contributed by atoms with Crippen LogP contribution in [0.25, 0.3) is 0 Å². The van der Waals surface area contributed by atoms with Crippen molar-refractivity contribution in [2.24, 2.45) is 0 Å². The van der Waals surface area contributed by atoms with Crippen LogP contribution in [-0.4, -0.2) is 37.3 Å². The van der Waals surface area contributed by atoms with E-state index in [4.69, 9.17) is 4.74 Å². The Balaban J connectivity index is 1.86. The van der Waals surface area contributed by atoms with Crippen LogP contribution in [0.4, 0.5) is 0 Å². The Morgan fingerprint density at radius 1 is 1.64 bits per heavy atom. The molecule has 0 saturated carbocycles. The van der Waals surface area contributed by atoms with Gasteiger partial charge in [-0.05, 0) is 19.1 Å². The predicted octanol–water partition coefficient (Wildman–Crippen LogP) is 1.12. The van der Waals surface area contributed by atoms with Gasteiger partial charge >= 0.3 is 0 Å². The molecule has 1 aliphatic heterocycles. The number of hydrogen-bond acceptors (Lipinski definition) is 3. The van der Waals surface area contributed by atoms with Crippen LogP contribution in [0.5, 0.6) is 0 Å². The third kappa shape index (κ3) is 3.99. The number of thioether (sulfide) groups is 1. The summed E-state index contributed by atoms with van der Waals surface area (Å²) in [5.41, 5.74) is 0. The largest absolute Gasteiger partial charge is 0.380 e. The van der Waals surface area contributed by atoms with Gasteiger partial charge in [-0.25, -0.2) is 0 Å². The van der Waals surface area contributed by atoms with Crippen molar-refractivity contribution in [3.63, 3.8) is 0 Å². The molecule has 0 aromatic carbocycles. The zero-order chi connectivity index (χ0) is 7.94. The molecule has 0 aromatic rings. The first-order chi connectivity index (χ1) is 5.43. The van der Waals surface area contributed by atoms with Crippen molar-refractivity contribution in [3.8, 4) is 0 Å². The summed E-state index contributed by atoms with van der Waals surface area (Å²) in [6.07, 6.45) is 1.33. The zero-order valence-electron chi connectivity index (χ0n) is 7.14. The Morgan fingerprint density at radius 3 is 3.18 bits per heavy atom. The maximum absolute atomic E-state index is 5.22. The molecule has 1 N–H and O–H groups in total. The lowest BCUT2D eigenvalue weighted by molar-refractivity contribution is 0.147. The third-order valence-electron chi connectivity index (χ3n) is 1.81. The molecule has 1 atom stereocenters. The second-order valence-electron chi connectivity index (χ2n) is 2.71. The lowest BCUT2D eigenvalue weighted by atomic mass is 10.3. The molecule has 1 heterocycles. The van der Waals surface area contributed by atoms with Crippen molar-refractivity contribution in [2.75, 3.05) is 31.3 Å². The highest BCUT2D eigenvalue weighted by Gasteiger charge is 2.13. The number of nitrogens with one attached hydrogen (secondary N) is 1. The average molecular weight is 175 g/mol. The molecule has 0 unspecified atom stereocenters. The minimum absolute atomic E-state index is 0.750. The van der Waals surface area contributed by atoms with E-state index in [-0.39, 0.29) is 0 Å².